The molecule has 0 bridgehead atoms. The van der Waals surface area contributed by atoms with E-state index >= 15 is 0 Å². The van der Waals surface area contributed by atoms with Crippen LogP contribution in [0.2, 0.25) is 0 Å². The highest BCUT2D eigenvalue weighted by atomic mass is 79.9. The van der Waals surface area contributed by atoms with Gasteiger partial charge in [-0.1, -0.05) is 0 Å². The van der Waals surface area contributed by atoms with Crippen LogP contribution in [0.5, 0.6) is 0 Å². The summed E-state index contributed by atoms with van der Waals surface area (Å²) < 4.78 is 26.1. The maximum absolute atomic E-state index is 13.2. The summed E-state index contributed by atoms with van der Waals surface area (Å²) in [6, 6.07) is 1.08. The van der Waals surface area contributed by atoms with Crippen molar-refractivity contribution >= 4 is 27.7 Å². The maximum atomic E-state index is 13.2. The molecule has 1 aliphatic heterocycles. The summed E-state index contributed by atoms with van der Waals surface area (Å²) >= 11 is 2.75. The third-order valence-electron chi connectivity index (χ3n) is 1.73. The number of rotatable bonds is 0. The van der Waals surface area contributed by atoms with Gasteiger partial charge in [-0.2, -0.15) is 4.99 Å². The van der Waals surface area contributed by atoms with Crippen LogP contribution >= 0.6 is 15.9 Å². The highest BCUT2D eigenvalue weighted by molar-refractivity contribution is 9.10. The third-order valence-corrected chi connectivity index (χ3v) is 2.31. The van der Waals surface area contributed by atoms with E-state index in [2.05, 4.69) is 25.9 Å². The van der Waals surface area contributed by atoms with E-state index in [4.69, 9.17) is 0 Å². The molecule has 1 aliphatic rings. The molecule has 0 fully saturated rings. The SMILES string of the molecule is O=C1N=c2cc(Br)c(F)c(F)c2=NC1=O. The van der Waals surface area contributed by atoms with E-state index in [1.807, 2.05) is 0 Å². The van der Waals surface area contributed by atoms with Gasteiger partial charge >= 0.3 is 11.8 Å². The summed E-state index contributed by atoms with van der Waals surface area (Å²) in [5, 5.41) is -0.703. The number of carbonyl (C=O) groups is 2. The molecule has 7 heteroatoms. The lowest BCUT2D eigenvalue weighted by Crippen LogP contribution is -2.37. The Hall–Kier alpha value is -1.50. The first-order chi connectivity index (χ1) is 7.00. The molecule has 0 atom stereocenters. The molecule has 1 heterocycles. The van der Waals surface area contributed by atoms with E-state index in [0.717, 1.165) is 6.07 Å². The van der Waals surface area contributed by atoms with Crippen LogP contribution in [0.1, 0.15) is 0 Å². The van der Waals surface area contributed by atoms with Crippen LogP contribution in [0.3, 0.4) is 0 Å². The Morgan fingerprint density at radius 2 is 1.67 bits per heavy atom. The van der Waals surface area contributed by atoms with E-state index in [1.165, 1.54) is 0 Å². The van der Waals surface area contributed by atoms with E-state index in [-0.39, 0.29) is 9.83 Å². The van der Waals surface area contributed by atoms with Gasteiger partial charge in [-0.25, -0.2) is 13.8 Å². The summed E-state index contributed by atoms with van der Waals surface area (Å²) in [6.45, 7) is 0. The van der Waals surface area contributed by atoms with E-state index in [9.17, 15) is 18.4 Å². The van der Waals surface area contributed by atoms with Gasteiger partial charge in [0.15, 0.2) is 11.6 Å². The summed E-state index contributed by atoms with van der Waals surface area (Å²) in [5.41, 5.74) is 0. The first-order valence-electron chi connectivity index (χ1n) is 3.70. The smallest absolute Gasteiger partial charge is 0.261 e. The Bertz CT molecular complexity index is 612. The van der Waals surface area contributed by atoms with E-state index < -0.39 is 28.8 Å². The molecular formula is C8HBrF2N2O2. The minimum atomic E-state index is -1.30. The standard InChI is InChI=1S/C8HBrF2N2O2/c9-2-1-3-6(5(11)4(2)10)13-8(15)7(14)12-3/h1H. The molecule has 1 aromatic rings. The lowest BCUT2D eigenvalue weighted by molar-refractivity contribution is -0.135. The van der Waals surface area contributed by atoms with Crippen molar-refractivity contribution in [3.8, 4) is 0 Å². The van der Waals surface area contributed by atoms with Crippen LogP contribution in [0.4, 0.5) is 8.78 Å². The van der Waals surface area contributed by atoms with Gasteiger partial charge < -0.3 is 0 Å². The van der Waals surface area contributed by atoms with E-state index in [0.29, 0.717) is 0 Å². The second-order valence-electron chi connectivity index (χ2n) is 2.69. The molecule has 15 heavy (non-hydrogen) atoms. The molecule has 0 unspecified atom stereocenters. The lowest BCUT2D eigenvalue weighted by Gasteiger charge is -2.00. The van der Waals surface area contributed by atoms with Gasteiger partial charge in [0, 0.05) is 0 Å². The highest BCUT2D eigenvalue weighted by Gasteiger charge is 2.20. The number of nitrogens with zero attached hydrogens (tertiary/aromatic N) is 2. The van der Waals surface area contributed by atoms with Crippen molar-refractivity contribution in [2.75, 3.05) is 0 Å². The maximum Gasteiger partial charge on any atom is 0.338 e. The van der Waals surface area contributed by atoms with Crippen LogP contribution < -0.4 is 10.7 Å². The molecule has 0 saturated heterocycles. The predicted molar refractivity (Wildman–Crippen MR) is 46.4 cm³/mol. The zero-order valence-corrected chi connectivity index (χ0v) is 8.51. The number of amides is 2. The van der Waals surface area contributed by atoms with Crippen LogP contribution in [0, 0.1) is 11.6 Å². The van der Waals surface area contributed by atoms with Crippen molar-refractivity contribution in [1.29, 1.82) is 0 Å². The van der Waals surface area contributed by atoms with E-state index in [1.54, 1.807) is 0 Å². The van der Waals surface area contributed by atoms with Gasteiger partial charge in [-0.05, 0) is 22.0 Å². The van der Waals surface area contributed by atoms with Crippen molar-refractivity contribution in [3.63, 3.8) is 0 Å². The van der Waals surface area contributed by atoms with Crippen LogP contribution in [-0.2, 0) is 9.59 Å². The fourth-order valence-electron chi connectivity index (χ4n) is 1.07. The molecule has 4 nitrogen and oxygen atoms in total. The molecular weight excluding hydrogens is 274 g/mol. The molecule has 0 aliphatic carbocycles. The quantitative estimate of drug-likeness (QED) is 0.495. The Morgan fingerprint density at radius 3 is 2.33 bits per heavy atom. The number of fused-ring (bicyclic) bond motifs is 1. The number of hydrogen-bond donors (Lipinski definition) is 0. The van der Waals surface area contributed by atoms with Crippen molar-refractivity contribution in [2.45, 2.75) is 0 Å². The first kappa shape index (κ1) is 10.0. The van der Waals surface area contributed by atoms with Gasteiger partial charge in [0.25, 0.3) is 0 Å². The normalized spacial score (nSPS) is 14.3. The number of halogens is 3. The molecule has 0 spiro atoms. The Labute approximate surface area is 89.5 Å². The van der Waals surface area contributed by atoms with Crippen molar-refractivity contribution in [1.82, 2.24) is 0 Å². The molecule has 0 N–H and O–H groups in total. The summed E-state index contributed by atoms with van der Waals surface area (Å²) in [6.07, 6.45) is 0. The molecule has 0 aromatic heterocycles. The highest BCUT2D eigenvalue weighted by Crippen LogP contribution is 2.13. The largest absolute Gasteiger partial charge is 0.338 e. The fourth-order valence-corrected chi connectivity index (χ4v) is 1.46. The minimum Gasteiger partial charge on any atom is -0.261 e. The monoisotopic (exact) mass is 274 g/mol. The van der Waals surface area contributed by atoms with Crippen LogP contribution in [0.15, 0.2) is 20.5 Å². The average molecular weight is 275 g/mol. The minimum absolute atomic E-state index is 0.162. The summed E-state index contributed by atoms with van der Waals surface area (Å²) in [4.78, 5) is 28.0. The molecule has 0 radical (unpaired) electrons. The molecule has 2 amide bonds. The first-order valence-corrected chi connectivity index (χ1v) is 4.49. The lowest BCUT2D eigenvalue weighted by atomic mass is 10.3. The zero-order valence-electron chi connectivity index (χ0n) is 6.92. The predicted octanol–water partition coefficient (Wildman–Crippen LogP) is 0.0333. The van der Waals surface area contributed by atoms with Crippen molar-refractivity contribution in [3.05, 3.63) is 32.9 Å². The number of carbonyl (C=O) groups excluding carboxylic acids is 2. The second-order valence-corrected chi connectivity index (χ2v) is 3.54. The Balaban J connectivity index is 2.97. The Kier molecular flexibility index (Phi) is 2.18. The van der Waals surface area contributed by atoms with Gasteiger partial charge in [0.2, 0.25) is 0 Å². The molecule has 76 valence electrons. The van der Waals surface area contributed by atoms with Gasteiger partial charge in [0.05, 0.1) is 9.83 Å². The van der Waals surface area contributed by atoms with Gasteiger partial charge in [-0.15, -0.1) is 0 Å². The van der Waals surface area contributed by atoms with Crippen LogP contribution in [0.25, 0.3) is 0 Å². The molecule has 1 aromatic carbocycles. The number of hydrogen-bond acceptors (Lipinski definition) is 2. The van der Waals surface area contributed by atoms with Crippen molar-refractivity contribution < 1.29 is 18.4 Å². The second kappa shape index (κ2) is 3.27. The van der Waals surface area contributed by atoms with Crippen LogP contribution in [-0.4, -0.2) is 11.8 Å². The topological polar surface area (TPSA) is 58.9 Å². The number of benzene rings is 1. The third kappa shape index (κ3) is 1.48. The average Bonchev–Trinajstić information content (AvgIpc) is 2.19. The molecule has 2 rings (SSSR count). The van der Waals surface area contributed by atoms with Crippen molar-refractivity contribution in [2.24, 2.45) is 9.98 Å². The van der Waals surface area contributed by atoms with Gasteiger partial charge in [0.1, 0.15) is 5.36 Å². The summed E-state index contributed by atoms with van der Waals surface area (Å²) in [7, 11) is 0. The zero-order chi connectivity index (χ0) is 11.2. The fraction of sp³-hybridized carbons (Fsp3) is 0. The molecule has 0 saturated carbocycles. The Morgan fingerprint density at radius 1 is 1.07 bits per heavy atom. The summed E-state index contributed by atoms with van der Waals surface area (Å²) in [5.74, 6) is -4.78. The van der Waals surface area contributed by atoms with Gasteiger partial charge in [-0.3, -0.25) is 9.59 Å².